The standard InChI is InChI=1S/C33H41N7O5/c1-6-39-26-12-11-20-15-22(26)23(29(39)21-9-7-13-35-28(21)19(2)43-5)17-33(3,4)18-44-32(42)25-10-8-14-40(37-25)31(41)24(34)16-27-36-30(20)38-45-27/h7,9,11-13,15,19,24-25,37H,6,8,10,14,16-18,34H2,1-5H3/t19-,24-,25-/m0/s1. The van der Waals surface area contributed by atoms with Crippen LogP contribution in [0.2, 0.25) is 0 Å². The number of benzene rings is 1. The number of hydrazine groups is 1. The zero-order valence-corrected chi connectivity index (χ0v) is 26.5. The zero-order valence-electron chi connectivity index (χ0n) is 26.5. The van der Waals surface area contributed by atoms with Gasteiger partial charge in [0.15, 0.2) is 0 Å². The van der Waals surface area contributed by atoms with E-state index in [1.165, 1.54) is 5.01 Å². The van der Waals surface area contributed by atoms with Gasteiger partial charge < -0.3 is 24.3 Å². The van der Waals surface area contributed by atoms with Crippen molar-refractivity contribution in [3.63, 3.8) is 0 Å². The summed E-state index contributed by atoms with van der Waals surface area (Å²) in [7, 11) is 1.69. The van der Waals surface area contributed by atoms with Crippen LogP contribution in [0.1, 0.15) is 63.8 Å². The summed E-state index contributed by atoms with van der Waals surface area (Å²) in [5.41, 5.74) is 14.7. The van der Waals surface area contributed by atoms with Crippen molar-refractivity contribution in [3.8, 4) is 22.6 Å². The number of esters is 1. The van der Waals surface area contributed by atoms with Crippen LogP contribution in [0, 0.1) is 5.41 Å². The van der Waals surface area contributed by atoms with Crippen molar-refractivity contribution in [2.45, 2.75) is 78.1 Å². The van der Waals surface area contributed by atoms with E-state index in [-0.39, 0.29) is 30.9 Å². The highest BCUT2D eigenvalue weighted by Gasteiger charge is 2.34. The number of hydrogen-bond donors (Lipinski definition) is 2. The summed E-state index contributed by atoms with van der Waals surface area (Å²) in [4.78, 5) is 35.8. The molecule has 0 spiro atoms. The van der Waals surface area contributed by atoms with E-state index in [0.29, 0.717) is 31.6 Å². The quantitative estimate of drug-likeness (QED) is 0.323. The Labute approximate surface area is 262 Å². The molecule has 3 N–H and O–H groups in total. The first-order valence-electron chi connectivity index (χ1n) is 15.6. The molecule has 1 saturated heterocycles. The second kappa shape index (κ2) is 12.3. The zero-order chi connectivity index (χ0) is 31.9. The second-order valence-electron chi connectivity index (χ2n) is 12.7. The van der Waals surface area contributed by atoms with Crippen molar-refractivity contribution in [3.05, 3.63) is 53.7 Å². The molecule has 0 unspecified atom stereocenters. The summed E-state index contributed by atoms with van der Waals surface area (Å²) in [6, 6.07) is 8.61. The van der Waals surface area contributed by atoms with Crippen LogP contribution in [0.25, 0.3) is 33.5 Å². The van der Waals surface area contributed by atoms with Crippen molar-refractivity contribution >= 4 is 22.8 Å². The van der Waals surface area contributed by atoms with Gasteiger partial charge in [-0.05, 0) is 69.0 Å². The van der Waals surface area contributed by atoms with E-state index in [0.717, 1.165) is 45.5 Å². The fourth-order valence-corrected chi connectivity index (χ4v) is 6.37. The lowest BCUT2D eigenvalue weighted by Gasteiger charge is -2.34. The number of carbonyl (C=O) groups is 2. The lowest BCUT2D eigenvalue weighted by molar-refractivity contribution is -0.154. The Bertz CT molecular complexity index is 1730. The first kappa shape index (κ1) is 30.9. The fourth-order valence-electron chi connectivity index (χ4n) is 6.37. The van der Waals surface area contributed by atoms with Crippen molar-refractivity contribution in [1.82, 2.24) is 30.1 Å². The molecule has 1 amide bonds. The number of nitrogens with one attached hydrogen (secondary N) is 1. The third-order valence-electron chi connectivity index (χ3n) is 8.75. The Kier molecular flexibility index (Phi) is 8.47. The summed E-state index contributed by atoms with van der Waals surface area (Å²) >= 11 is 0. The number of nitrogens with zero attached hydrogens (tertiary/aromatic N) is 5. The van der Waals surface area contributed by atoms with Gasteiger partial charge in [-0.25, -0.2) is 5.43 Å². The number of cyclic esters (lactones) is 1. The maximum absolute atomic E-state index is 13.3. The second-order valence-corrected chi connectivity index (χ2v) is 12.7. The number of hydrogen-bond acceptors (Lipinski definition) is 10. The Morgan fingerprint density at radius 1 is 1.24 bits per heavy atom. The predicted molar refractivity (Wildman–Crippen MR) is 168 cm³/mol. The molecular weight excluding hydrogens is 574 g/mol. The van der Waals surface area contributed by atoms with Crippen molar-refractivity contribution in [2.24, 2.45) is 11.1 Å². The summed E-state index contributed by atoms with van der Waals surface area (Å²) in [6.07, 6.45) is 3.44. The minimum Gasteiger partial charge on any atom is -0.464 e. The number of aryl methyl sites for hydroxylation is 1. The first-order valence-corrected chi connectivity index (χ1v) is 15.6. The Balaban J connectivity index is 1.53. The maximum atomic E-state index is 13.3. The Hall–Kier alpha value is -4.13. The molecule has 1 aromatic carbocycles. The molecule has 2 aliphatic heterocycles. The van der Waals surface area contributed by atoms with E-state index in [9.17, 15) is 9.59 Å². The van der Waals surface area contributed by atoms with Gasteiger partial charge in [-0.3, -0.25) is 19.6 Å². The number of amides is 1. The highest BCUT2D eigenvalue weighted by atomic mass is 16.5. The van der Waals surface area contributed by atoms with Gasteiger partial charge in [0.1, 0.15) is 6.04 Å². The third kappa shape index (κ3) is 5.97. The molecule has 12 heteroatoms. The molecule has 1 fully saturated rings. The van der Waals surface area contributed by atoms with Crippen LogP contribution in [0.5, 0.6) is 0 Å². The molecule has 0 radical (unpaired) electrons. The Morgan fingerprint density at radius 3 is 2.84 bits per heavy atom. The van der Waals surface area contributed by atoms with Gasteiger partial charge in [0, 0.05) is 53.8 Å². The van der Waals surface area contributed by atoms with E-state index in [2.05, 4.69) is 59.1 Å². The van der Waals surface area contributed by atoms with Crippen LogP contribution < -0.4 is 11.2 Å². The van der Waals surface area contributed by atoms with Crippen LogP contribution in [-0.2, 0) is 38.4 Å². The summed E-state index contributed by atoms with van der Waals surface area (Å²) < 4.78 is 19.5. The van der Waals surface area contributed by atoms with E-state index >= 15 is 0 Å². The molecule has 3 atom stereocenters. The van der Waals surface area contributed by atoms with Gasteiger partial charge >= 0.3 is 5.97 Å². The summed E-state index contributed by atoms with van der Waals surface area (Å²) in [5.74, 6) is -0.0462. The lowest BCUT2D eigenvalue weighted by Crippen LogP contribution is -2.59. The molecule has 3 aromatic heterocycles. The Morgan fingerprint density at radius 2 is 2.07 bits per heavy atom. The SMILES string of the molecule is CCn1c(-c2cccnc2[C@H](C)OC)c2c3cc(ccc31)-c1noc(n1)C[C@H](N)C(=O)N1CCC[C@H](N1)C(=O)OCC(C)(C)C2. The fraction of sp³-hybridized carbons (Fsp3) is 0.485. The number of fused-ring (bicyclic) bond motifs is 6. The number of nitrogens with two attached hydrogens (primary N) is 1. The van der Waals surface area contributed by atoms with E-state index < -0.39 is 23.5 Å². The minimum absolute atomic E-state index is 0.0681. The maximum Gasteiger partial charge on any atom is 0.324 e. The first-order chi connectivity index (χ1) is 21.6. The molecular formula is C33H41N7O5. The molecule has 4 aromatic rings. The van der Waals surface area contributed by atoms with Gasteiger partial charge in [-0.2, -0.15) is 4.98 Å². The van der Waals surface area contributed by atoms with Gasteiger partial charge in [0.2, 0.25) is 11.7 Å². The summed E-state index contributed by atoms with van der Waals surface area (Å²) in [6.45, 7) is 9.66. The third-order valence-corrected chi connectivity index (χ3v) is 8.75. The number of aromatic nitrogens is 4. The van der Waals surface area contributed by atoms with Gasteiger partial charge in [-0.15, -0.1) is 0 Å². The van der Waals surface area contributed by atoms with Gasteiger partial charge in [0.25, 0.3) is 5.91 Å². The van der Waals surface area contributed by atoms with E-state index in [4.69, 9.17) is 24.7 Å². The predicted octanol–water partition coefficient (Wildman–Crippen LogP) is 3.97. The highest BCUT2D eigenvalue weighted by molar-refractivity contribution is 5.95. The molecule has 2 aliphatic rings. The van der Waals surface area contributed by atoms with E-state index in [1.807, 2.05) is 19.1 Å². The average molecular weight is 616 g/mol. The molecule has 45 heavy (non-hydrogen) atoms. The number of carbonyl (C=O) groups excluding carboxylic acids is 2. The molecule has 5 heterocycles. The van der Waals surface area contributed by atoms with Gasteiger partial charge in [-0.1, -0.05) is 19.0 Å². The average Bonchev–Trinajstić information content (AvgIpc) is 3.64. The smallest absolute Gasteiger partial charge is 0.324 e. The monoisotopic (exact) mass is 615 g/mol. The number of methoxy groups -OCH3 is 1. The molecule has 0 saturated carbocycles. The van der Waals surface area contributed by atoms with Crippen molar-refractivity contribution < 1.29 is 23.6 Å². The largest absolute Gasteiger partial charge is 0.464 e. The molecule has 238 valence electrons. The lowest BCUT2D eigenvalue weighted by atomic mass is 9.84. The number of rotatable bonds is 4. The van der Waals surface area contributed by atoms with Gasteiger partial charge in [0.05, 0.1) is 36.6 Å². The minimum atomic E-state index is -0.920. The normalized spacial score (nSPS) is 21.4. The number of ether oxygens (including phenoxy) is 2. The van der Waals surface area contributed by atoms with E-state index in [1.54, 1.807) is 13.3 Å². The van der Waals surface area contributed by atoms with Crippen LogP contribution in [0.3, 0.4) is 0 Å². The molecule has 6 bridgehead atoms. The van der Waals surface area contributed by atoms with Crippen LogP contribution in [-0.4, -0.2) is 68.9 Å². The van der Waals surface area contributed by atoms with Crippen LogP contribution >= 0.6 is 0 Å². The molecule has 0 aliphatic carbocycles. The van der Waals surface area contributed by atoms with Crippen molar-refractivity contribution in [2.75, 3.05) is 20.3 Å². The van der Waals surface area contributed by atoms with Crippen LogP contribution in [0.4, 0.5) is 0 Å². The van der Waals surface area contributed by atoms with Crippen molar-refractivity contribution in [1.29, 1.82) is 0 Å². The topological polar surface area (TPSA) is 151 Å². The highest BCUT2D eigenvalue weighted by Crippen LogP contribution is 2.41. The van der Waals surface area contributed by atoms with Crippen LogP contribution in [0.15, 0.2) is 41.1 Å². The summed E-state index contributed by atoms with van der Waals surface area (Å²) in [5, 5.41) is 6.70. The number of pyridine rings is 1. The molecule has 12 nitrogen and oxygen atoms in total. The molecule has 6 rings (SSSR count).